The Bertz CT molecular complexity index is 604. The summed E-state index contributed by atoms with van der Waals surface area (Å²) in [5.41, 5.74) is 7.28. The molecule has 18 heavy (non-hydrogen) atoms. The molecule has 0 amide bonds. The Morgan fingerprint density at radius 2 is 2.00 bits per heavy atom. The molecule has 0 atom stereocenters. The van der Waals surface area contributed by atoms with Crippen molar-refractivity contribution in [1.82, 2.24) is 9.97 Å². The molecule has 0 radical (unpaired) electrons. The maximum absolute atomic E-state index is 13.0. The minimum absolute atomic E-state index is 0.0523. The molecule has 0 saturated carbocycles. The molecule has 2 aromatic rings. The molecule has 1 heterocycles. The van der Waals surface area contributed by atoms with E-state index in [-0.39, 0.29) is 17.0 Å². The van der Waals surface area contributed by atoms with Gasteiger partial charge < -0.3 is 10.5 Å². The summed E-state index contributed by atoms with van der Waals surface area (Å²) >= 11 is 5.74. The van der Waals surface area contributed by atoms with Crippen LogP contribution in [0.25, 0.3) is 0 Å². The van der Waals surface area contributed by atoms with Gasteiger partial charge in [-0.1, -0.05) is 0 Å². The third kappa shape index (κ3) is 2.51. The maximum Gasteiger partial charge on any atom is 0.247 e. The molecular weight excluding hydrogens is 257 g/mol. The van der Waals surface area contributed by atoms with Crippen LogP contribution in [0.15, 0.2) is 18.2 Å². The lowest BCUT2D eigenvalue weighted by molar-refractivity contribution is 0.458. The molecule has 4 nitrogen and oxygen atoms in total. The quantitative estimate of drug-likeness (QED) is 0.849. The van der Waals surface area contributed by atoms with Gasteiger partial charge in [-0.3, -0.25) is 0 Å². The van der Waals surface area contributed by atoms with Crippen molar-refractivity contribution in [1.29, 1.82) is 0 Å². The number of halogens is 2. The van der Waals surface area contributed by atoms with Crippen LogP contribution in [0.3, 0.4) is 0 Å². The van der Waals surface area contributed by atoms with Gasteiger partial charge in [-0.2, -0.15) is 4.98 Å². The van der Waals surface area contributed by atoms with E-state index < -0.39 is 0 Å². The minimum Gasteiger partial charge on any atom is -0.437 e. The molecule has 0 unspecified atom stereocenters. The van der Waals surface area contributed by atoms with Crippen molar-refractivity contribution in [2.45, 2.75) is 13.8 Å². The SMILES string of the molecule is Cc1cc(F)ccc1Oc1nc(Cl)nc(C)c1N. The van der Waals surface area contributed by atoms with E-state index in [4.69, 9.17) is 22.1 Å². The summed E-state index contributed by atoms with van der Waals surface area (Å²) in [7, 11) is 0. The van der Waals surface area contributed by atoms with Crippen LogP contribution in [0, 0.1) is 19.7 Å². The fourth-order valence-corrected chi connectivity index (χ4v) is 1.64. The van der Waals surface area contributed by atoms with Crippen LogP contribution in [0.2, 0.25) is 5.28 Å². The molecule has 94 valence electrons. The molecule has 0 saturated heterocycles. The number of ether oxygens (including phenoxy) is 1. The van der Waals surface area contributed by atoms with Gasteiger partial charge in [-0.25, -0.2) is 9.37 Å². The van der Waals surface area contributed by atoms with Gasteiger partial charge in [0.1, 0.15) is 17.3 Å². The fraction of sp³-hybridized carbons (Fsp3) is 0.167. The molecule has 1 aromatic heterocycles. The second-order valence-corrected chi connectivity index (χ2v) is 4.15. The number of hydrogen-bond donors (Lipinski definition) is 1. The average Bonchev–Trinajstić information content (AvgIpc) is 2.29. The Kier molecular flexibility index (Phi) is 3.34. The van der Waals surface area contributed by atoms with Gasteiger partial charge in [-0.05, 0) is 49.2 Å². The second-order valence-electron chi connectivity index (χ2n) is 3.81. The Balaban J connectivity index is 2.40. The van der Waals surface area contributed by atoms with E-state index in [1.165, 1.54) is 18.2 Å². The summed E-state index contributed by atoms with van der Waals surface area (Å²) < 4.78 is 18.5. The Hall–Kier alpha value is -1.88. The van der Waals surface area contributed by atoms with Crippen LogP contribution in [0.1, 0.15) is 11.3 Å². The minimum atomic E-state index is -0.329. The number of benzene rings is 1. The highest BCUT2D eigenvalue weighted by atomic mass is 35.5. The number of rotatable bonds is 2. The van der Waals surface area contributed by atoms with E-state index in [0.29, 0.717) is 22.7 Å². The molecule has 0 spiro atoms. The number of nitrogen functional groups attached to an aromatic ring is 1. The number of aryl methyl sites for hydroxylation is 2. The second kappa shape index (κ2) is 4.78. The highest BCUT2D eigenvalue weighted by Gasteiger charge is 2.11. The van der Waals surface area contributed by atoms with Crippen molar-refractivity contribution in [2.24, 2.45) is 0 Å². The van der Waals surface area contributed by atoms with Gasteiger partial charge in [0, 0.05) is 0 Å². The highest BCUT2D eigenvalue weighted by Crippen LogP contribution is 2.30. The zero-order chi connectivity index (χ0) is 13.3. The summed E-state index contributed by atoms with van der Waals surface area (Å²) in [4.78, 5) is 7.81. The van der Waals surface area contributed by atoms with Crippen molar-refractivity contribution in [2.75, 3.05) is 5.73 Å². The van der Waals surface area contributed by atoms with Crippen molar-refractivity contribution in [3.8, 4) is 11.6 Å². The van der Waals surface area contributed by atoms with E-state index in [9.17, 15) is 4.39 Å². The first-order valence-electron chi connectivity index (χ1n) is 5.21. The van der Waals surface area contributed by atoms with E-state index in [0.717, 1.165) is 0 Å². The molecule has 0 fully saturated rings. The Morgan fingerprint density at radius 3 is 2.67 bits per heavy atom. The first kappa shape index (κ1) is 12.6. The molecule has 2 N–H and O–H groups in total. The zero-order valence-electron chi connectivity index (χ0n) is 9.87. The van der Waals surface area contributed by atoms with Gasteiger partial charge >= 0.3 is 0 Å². The average molecular weight is 268 g/mol. The van der Waals surface area contributed by atoms with Gasteiger partial charge in [0.15, 0.2) is 0 Å². The monoisotopic (exact) mass is 267 g/mol. The highest BCUT2D eigenvalue weighted by molar-refractivity contribution is 6.28. The number of nitrogens with two attached hydrogens (primary N) is 1. The van der Waals surface area contributed by atoms with Crippen molar-refractivity contribution >= 4 is 17.3 Å². The third-order valence-corrected chi connectivity index (χ3v) is 2.59. The smallest absolute Gasteiger partial charge is 0.247 e. The molecule has 1 aromatic carbocycles. The van der Waals surface area contributed by atoms with Crippen LogP contribution >= 0.6 is 11.6 Å². The first-order chi connectivity index (χ1) is 8.47. The van der Waals surface area contributed by atoms with E-state index in [1.807, 2.05) is 0 Å². The molecule has 0 aliphatic rings. The molecular formula is C12H11ClFN3O. The van der Waals surface area contributed by atoms with Gasteiger partial charge in [0.2, 0.25) is 11.2 Å². The predicted octanol–water partition coefficient (Wildman–Crippen LogP) is 3.26. The van der Waals surface area contributed by atoms with Gasteiger partial charge in [0.05, 0.1) is 5.69 Å². The molecule has 0 aliphatic heterocycles. The molecule has 6 heteroatoms. The summed E-state index contributed by atoms with van der Waals surface area (Å²) in [6.45, 7) is 3.43. The lowest BCUT2D eigenvalue weighted by atomic mass is 10.2. The summed E-state index contributed by atoms with van der Waals surface area (Å²) in [6, 6.07) is 4.17. The van der Waals surface area contributed by atoms with Crippen LogP contribution in [0.5, 0.6) is 11.6 Å². The van der Waals surface area contributed by atoms with Crippen molar-refractivity contribution < 1.29 is 9.13 Å². The maximum atomic E-state index is 13.0. The van der Waals surface area contributed by atoms with Gasteiger partial charge in [-0.15, -0.1) is 0 Å². The van der Waals surface area contributed by atoms with E-state index in [2.05, 4.69) is 9.97 Å². The topological polar surface area (TPSA) is 61.0 Å². The zero-order valence-corrected chi connectivity index (χ0v) is 10.6. The lowest BCUT2D eigenvalue weighted by Gasteiger charge is -2.11. The van der Waals surface area contributed by atoms with E-state index >= 15 is 0 Å². The summed E-state index contributed by atoms with van der Waals surface area (Å²) in [6.07, 6.45) is 0. The first-order valence-corrected chi connectivity index (χ1v) is 5.59. The van der Waals surface area contributed by atoms with E-state index in [1.54, 1.807) is 13.8 Å². The van der Waals surface area contributed by atoms with Crippen LogP contribution in [0.4, 0.5) is 10.1 Å². The Labute approximate surface area is 109 Å². The molecule has 0 aliphatic carbocycles. The standard InChI is InChI=1S/C12H11ClFN3O/c1-6-5-8(14)3-4-9(6)18-11-10(15)7(2)16-12(13)17-11/h3-5H,15H2,1-2H3. The molecule has 0 bridgehead atoms. The van der Waals surface area contributed by atoms with Crippen molar-refractivity contribution in [3.05, 3.63) is 40.6 Å². The van der Waals surface area contributed by atoms with Crippen molar-refractivity contribution in [3.63, 3.8) is 0 Å². The number of aromatic nitrogens is 2. The summed E-state index contributed by atoms with van der Waals surface area (Å²) in [5, 5.41) is 0.0523. The number of hydrogen-bond acceptors (Lipinski definition) is 4. The summed E-state index contributed by atoms with van der Waals surface area (Å²) in [5.74, 6) is 0.309. The Morgan fingerprint density at radius 1 is 1.28 bits per heavy atom. The lowest BCUT2D eigenvalue weighted by Crippen LogP contribution is -2.01. The molecule has 2 rings (SSSR count). The normalized spacial score (nSPS) is 10.4. The van der Waals surface area contributed by atoms with Crippen LogP contribution in [-0.2, 0) is 0 Å². The predicted molar refractivity (Wildman–Crippen MR) is 67.4 cm³/mol. The third-order valence-electron chi connectivity index (χ3n) is 2.42. The van der Waals surface area contributed by atoms with Crippen LogP contribution < -0.4 is 10.5 Å². The fourth-order valence-electron chi connectivity index (χ4n) is 1.43. The number of anilines is 1. The van der Waals surface area contributed by atoms with Gasteiger partial charge in [0.25, 0.3) is 0 Å². The van der Waals surface area contributed by atoms with Crippen LogP contribution in [-0.4, -0.2) is 9.97 Å². The largest absolute Gasteiger partial charge is 0.437 e. The number of nitrogens with zero attached hydrogens (tertiary/aromatic N) is 2.